The van der Waals surface area contributed by atoms with Crippen molar-refractivity contribution in [2.75, 3.05) is 42.9 Å². The number of primary sulfonamides is 1. The van der Waals surface area contributed by atoms with Crippen LogP contribution in [0.5, 0.6) is 0 Å². The minimum atomic E-state index is -3.67. The second-order valence-electron chi connectivity index (χ2n) is 6.67. The van der Waals surface area contributed by atoms with Crippen LogP contribution in [0.2, 0.25) is 0 Å². The van der Waals surface area contributed by atoms with Crippen LogP contribution < -0.4 is 15.4 Å². The van der Waals surface area contributed by atoms with Gasteiger partial charge in [-0.2, -0.15) is 0 Å². The van der Waals surface area contributed by atoms with Gasteiger partial charge in [0.15, 0.2) is 0 Å². The van der Waals surface area contributed by atoms with E-state index in [0.717, 1.165) is 43.1 Å². The van der Waals surface area contributed by atoms with Crippen molar-refractivity contribution in [2.45, 2.75) is 11.8 Å². The normalized spacial score (nSPS) is 15.6. The maximum atomic E-state index is 12.3. The predicted molar refractivity (Wildman–Crippen MR) is 106 cm³/mol. The second-order valence-corrected chi connectivity index (χ2v) is 8.23. The molecule has 7 nitrogen and oxygen atoms in total. The van der Waals surface area contributed by atoms with Crippen LogP contribution in [0.4, 0.5) is 11.4 Å². The quantitative estimate of drug-likeness (QED) is 0.807. The van der Waals surface area contributed by atoms with E-state index in [-0.39, 0.29) is 10.8 Å². The third-order valence-electron chi connectivity index (χ3n) is 4.69. The lowest BCUT2D eigenvalue weighted by atomic mass is 10.2. The summed E-state index contributed by atoms with van der Waals surface area (Å²) >= 11 is 0. The fraction of sp³-hybridized carbons (Fsp3) is 0.316. The van der Waals surface area contributed by atoms with Gasteiger partial charge in [-0.05, 0) is 42.8 Å². The number of carbonyl (C=O) groups is 1. The highest BCUT2D eigenvalue weighted by atomic mass is 32.2. The van der Waals surface area contributed by atoms with E-state index in [9.17, 15) is 13.2 Å². The van der Waals surface area contributed by atoms with Crippen molar-refractivity contribution in [3.05, 3.63) is 54.1 Å². The Labute approximate surface area is 159 Å². The Morgan fingerprint density at radius 1 is 1.04 bits per heavy atom. The van der Waals surface area contributed by atoms with Gasteiger partial charge in [-0.1, -0.05) is 18.2 Å². The highest BCUT2D eigenvalue weighted by Gasteiger charge is 2.20. The number of nitrogens with one attached hydrogen (secondary N) is 1. The summed E-state index contributed by atoms with van der Waals surface area (Å²) in [5.74, 6) is -0.0183. The molecule has 1 saturated heterocycles. The molecule has 144 valence electrons. The molecule has 1 amide bonds. The lowest BCUT2D eigenvalue weighted by Crippen LogP contribution is -2.48. The smallest absolute Gasteiger partial charge is 0.238 e. The molecule has 1 heterocycles. The van der Waals surface area contributed by atoms with E-state index < -0.39 is 10.0 Å². The molecule has 0 bridgehead atoms. The van der Waals surface area contributed by atoms with E-state index in [1.54, 1.807) is 12.1 Å². The van der Waals surface area contributed by atoms with Crippen molar-refractivity contribution in [1.29, 1.82) is 0 Å². The van der Waals surface area contributed by atoms with Gasteiger partial charge in [-0.25, -0.2) is 13.6 Å². The summed E-state index contributed by atoms with van der Waals surface area (Å²) in [4.78, 5) is 16.7. The van der Waals surface area contributed by atoms with Crippen molar-refractivity contribution in [1.82, 2.24) is 4.90 Å². The van der Waals surface area contributed by atoms with Crippen LogP contribution in [0.25, 0.3) is 0 Å². The summed E-state index contributed by atoms with van der Waals surface area (Å²) in [5.41, 5.74) is 2.83. The fourth-order valence-electron chi connectivity index (χ4n) is 3.12. The molecule has 27 heavy (non-hydrogen) atoms. The molecule has 1 aliphatic heterocycles. The maximum absolute atomic E-state index is 12.3. The summed E-state index contributed by atoms with van der Waals surface area (Å²) in [6, 6.07) is 14.3. The summed E-state index contributed by atoms with van der Waals surface area (Å²) in [6.45, 7) is 5.39. The first-order chi connectivity index (χ1) is 12.8. The molecule has 0 aromatic heterocycles. The Morgan fingerprint density at radius 3 is 2.26 bits per heavy atom. The number of para-hydroxylation sites is 1. The maximum Gasteiger partial charge on any atom is 0.238 e. The third-order valence-corrected chi connectivity index (χ3v) is 5.62. The number of sulfonamides is 1. The summed E-state index contributed by atoms with van der Waals surface area (Å²) in [6.07, 6.45) is 0. The summed E-state index contributed by atoms with van der Waals surface area (Å²) in [5, 5.41) is 8.09. The van der Waals surface area contributed by atoms with E-state index in [2.05, 4.69) is 15.1 Å². The lowest BCUT2D eigenvalue weighted by molar-refractivity contribution is -0.117. The van der Waals surface area contributed by atoms with Crippen molar-refractivity contribution in [3.63, 3.8) is 0 Å². The Kier molecular flexibility index (Phi) is 5.79. The molecule has 1 aliphatic rings. The molecule has 0 saturated carbocycles. The van der Waals surface area contributed by atoms with Crippen LogP contribution in [-0.4, -0.2) is 51.9 Å². The number of aryl methyl sites for hydroxylation is 1. The number of piperazine rings is 1. The zero-order chi connectivity index (χ0) is 19.4. The second kappa shape index (κ2) is 8.08. The Morgan fingerprint density at radius 2 is 1.67 bits per heavy atom. The average Bonchev–Trinajstić information content (AvgIpc) is 2.64. The average molecular weight is 388 g/mol. The molecule has 0 spiro atoms. The highest BCUT2D eigenvalue weighted by molar-refractivity contribution is 7.89. The van der Waals surface area contributed by atoms with Crippen LogP contribution in [0.3, 0.4) is 0 Å². The first-order valence-electron chi connectivity index (χ1n) is 8.78. The molecule has 3 rings (SSSR count). The largest absolute Gasteiger partial charge is 0.369 e. The summed E-state index contributed by atoms with van der Waals surface area (Å²) in [7, 11) is -3.67. The molecule has 1 fully saturated rings. The molecular weight excluding hydrogens is 364 g/mol. The molecule has 2 aromatic rings. The number of hydrogen-bond donors (Lipinski definition) is 2. The van der Waals surface area contributed by atoms with E-state index in [1.165, 1.54) is 12.1 Å². The SMILES string of the molecule is Cc1ccccc1NC(=O)CN1CCN(c2ccc(S(N)(=O)=O)cc2)CC1. The number of anilines is 2. The monoisotopic (exact) mass is 388 g/mol. The predicted octanol–water partition coefficient (Wildman–Crippen LogP) is 1.40. The van der Waals surface area contributed by atoms with E-state index in [1.807, 2.05) is 31.2 Å². The van der Waals surface area contributed by atoms with Gasteiger partial charge in [-0.15, -0.1) is 0 Å². The van der Waals surface area contributed by atoms with Gasteiger partial charge in [0.05, 0.1) is 11.4 Å². The Hall–Kier alpha value is -2.42. The first kappa shape index (κ1) is 19.3. The molecule has 0 atom stereocenters. The van der Waals surface area contributed by atoms with Crippen LogP contribution in [0.15, 0.2) is 53.4 Å². The number of nitrogens with zero attached hydrogens (tertiary/aromatic N) is 2. The number of benzene rings is 2. The van der Waals surface area contributed by atoms with E-state index in [0.29, 0.717) is 6.54 Å². The first-order valence-corrected chi connectivity index (χ1v) is 10.3. The van der Waals surface area contributed by atoms with Gasteiger partial charge in [0.25, 0.3) is 0 Å². The zero-order valence-corrected chi connectivity index (χ0v) is 16.1. The lowest BCUT2D eigenvalue weighted by Gasteiger charge is -2.35. The number of rotatable bonds is 5. The van der Waals surface area contributed by atoms with Crippen LogP contribution in [0, 0.1) is 6.92 Å². The number of nitrogens with two attached hydrogens (primary N) is 1. The standard InChI is InChI=1S/C19H24N4O3S/c1-15-4-2-3-5-18(15)21-19(24)14-22-10-12-23(13-11-22)16-6-8-17(9-7-16)27(20,25)26/h2-9H,10-14H2,1H3,(H,21,24)(H2,20,25,26). The molecule has 0 unspecified atom stereocenters. The number of carbonyl (C=O) groups excluding carboxylic acids is 1. The van der Waals surface area contributed by atoms with Crippen molar-refractivity contribution < 1.29 is 13.2 Å². The molecule has 0 radical (unpaired) electrons. The van der Waals surface area contributed by atoms with Crippen molar-refractivity contribution in [2.24, 2.45) is 5.14 Å². The zero-order valence-electron chi connectivity index (χ0n) is 15.3. The fourth-order valence-corrected chi connectivity index (χ4v) is 3.63. The van der Waals surface area contributed by atoms with Crippen LogP contribution in [0.1, 0.15) is 5.56 Å². The Bertz CT molecular complexity index is 905. The van der Waals surface area contributed by atoms with Gasteiger partial charge in [-0.3, -0.25) is 9.69 Å². The van der Waals surface area contributed by atoms with E-state index in [4.69, 9.17) is 5.14 Å². The van der Waals surface area contributed by atoms with Gasteiger partial charge < -0.3 is 10.2 Å². The molecular formula is C19H24N4O3S. The minimum Gasteiger partial charge on any atom is -0.369 e. The number of hydrogen-bond acceptors (Lipinski definition) is 5. The molecule has 3 N–H and O–H groups in total. The van der Waals surface area contributed by atoms with Crippen LogP contribution >= 0.6 is 0 Å². The van der Waals surface area contributed by atoms with Gasteiger partial charge >= 0.3 is 0 Å². The highest BCUT2D eigenvalue weighted by Crippen LogP contribution is 2.19. The molecule has 0 aliphatic carbocycles. The topological polar surface area (TPSA) is 95.7 Å². The van der Waals surface area contributed by atoms with Gasteiger partial charge in [0.1, 0.15) is 0 Å². The molecule has 8 heteroatoms. The third kappa shape index (κ3) is 5.06. The van der Waals surface area contributed by atoms with Gasteiger partial charge in [0.2, 0.25) is 15.9 Å². The van der Waals surface area contributed by atoms with Crippen molar-refractivity contribution >= 4 is 27.3 Å². The van der Waals surface area contributed by atoms with Crippen molar-refractivity contribution in [3.8, 4) is 0 Å². The Balaban J connectivity index is 1.51. The summed E-state index contributed by atoms with van der Waals surface area (Å²) < 4.78 is 22.7. The minimum absolute atomic E-state index is 0.0183. The molecule has 2 aromatic carbocycles. The van der Waals surface area contributed by atoms with Gasteiger partial charge in [0, 0.05) is 37.6 Å². The van der Waals surface area contributed by atoms with Crippen LogP contribution in [-0.2, 0) is 14.8 Å². The van der Waals surface area contributed by atoms with E-state index >= 15 is 0 Å². The number of amides is 1.